The van der Waals surface area contributed by atoms with Crippen molar-refractivity contribution in [1.82, 2.24) is 0 Å². The van der Waals surface area contributed by atoms with Gasteiger partial charge in [0.25, 0.3) is 0 Å². The molecule has 1 N–H and O–H groups in total. The molecule has 138 valence electrons. The third-order valence-corrected chi connectivity index (χ3v) is 6.28. The Kier molecular flexibility index (Phi) is 3.50. The van der Waals surface area contributed by atoms with E-state index in [4.69, 9.17) is 4.42 Å². The van der Waals surface area contributed by atoms with E-state index in [-0.39, 0.29) is 5.75 Å². The molecule has 3 heteroatoms. The molecule has 1 aliphatic heterocycles. The van der Waals surface area contributed by atoms with Crippen LogP contribution < -0.4 is 0 Å². The molecule has 0 atom stereocenters. The summed E-state index contributed by atoms with van der Waals surface area (Å²) in [5.74, 6) is 0.865. The minimum absolute atomic E-state index is 0.190. The second kappa shape index (κ2) is 6.10. The van der Waals surface area contributed by atoms with Crippen molar-refractivity contribution in [2.45, 2.75) is 0 Å². The van der Waals surface area contributed by atoms with Gasteiger partial charge in [0.15, 0.2) is 0 Å². The summed E-state index contributed by atoms with van der Waals surface area (Å²) in [5.41, 5.74) is 3.63. The summed E-state index contributed by atoms with van der Waals surface area (Å²) in [5, 5.41) is 16.4. The van der Waals surface area contributed by atoms with Crippen LogP contribution in [0.15, 0.2) is 93.8 Å². The van der Waals surface area contributed by atoms with Gasteiger partial charge >= 0.3 is 0 Å². The second-order valence-corrected chi connectivity index (χ2v) is 8.10. The van der Waals surface area contributed by atoms with Gasteiger partial charge in [-0.3, -0.25) is 0 Å². The molecular formula is C26H15BrO2. The van der Waals surface area contributed by atoms with Crippen LogP contribution in [-0.4, -0.2) is 5.11 Å². The number of phenols is 1. The van der Waals surface area contributed by atoms with Crippen molar-refractivity contribution in [3.63, 3.8) is 0 Å². The van der Waals surface area contributed by atoms with Gasteiger partial charge in [-0.2, -0.15) is 0 Å². The van der Waals surface area contributed by atoms with E-state index in [9.17, 15) is 5.11 Å². The molecule has 1 aliphatic carbocycles. The third-order valence-electron chi connectivity index (χ3n) is 5.62. The predicted octanol–water partition coefficient (Wildman–Crippen LogP) is 7.98. The van der Waals surface area contributed by atoms with Crippen LogP contribution in [0.1, 0.15) is 0 Å². The van der Waals surface area contributed by atoms with Crippen LogP contribution in [-0.2, 0) is 0 Å². The van der Waals surface area contributed by atoms with Crippen molar-refractivity contribution < 1.29 is 9.52 Å². The lowest BCUT2D eigenvalue weighted by Crippen LogP contribution is -1.90. The van der Waals surface area contributed by atoms with Crippen LogP contribution in [0.4, 0.5) is 0 Å². The fourth-order valence-electron chi connectivity index (χ4n) is 4.35. The Balaban J connectivity index is 1.89. The SMILES string of the molecule is Oc1cccc(Br)c1-c1oc2ccc3ccccc3c2c2cc3ccccc3c1-2. The first-order valence-corrected chi connectivity index (χ1v) is 10.3. The molecule has 4 aromatic rings. The van der Waals surface area contributed by atoms with Crippen LogP contribution in [0.2, 0.25) is 0 Å². The summed E-state index contributed by atoms with van der Waals surface area (Å²) < 4.78 is 7.31. The van der Waals surface area contributed by atoms with E-state index in [1.54, 1.807) is 6.07 Å². The zero-order valence-corrected chi connectivity index (χ0v) is 16.9. The first-order valence-electron chi connectivity index (χ1n) is 9.46. The maximum absolute atomic E-state index is 10.7. The van der Waals surface area contributed by atoms with Gasteiger partial charge in [0, 0.05) is 15.4 Å². The summed E-state index contributed by atoms with van der Waals surface area (Å²) in [7, 11) is 0. The highest BCUT2D eigenvalue weighted by Gasteiger charge is 2.25. The van der Waals surface area contributed by atoms with Gasteiger partial charge in [0.2, 0.25) is 0 Å². The zero-order valence-electron chi connectivity index (χ0n) is 15.3. The smallest absolute Gasteiger partial charge is 0.148 e. The lowest BCUT2D eigenvalue weighted by molar-refractivity contribution is 0.474. The highest BCUT2D eigenvalue weighted by molar-refractivity contribution is 9.10. The van der Waals surface area contributed by atoms with Crippen molar-refractivity contribution in [1.29, 1.82) is 0 Å². The van der Waals surface area contributed by atoms with E-state index in [0.29, 0.717) is 11.3 Å². The van der Waals surface area contributed by atoms with E-state index in [0.717, 1.165) is 42.7 Å². The normalized spacial score (nSPS) is 11.8. The second-order valence-electron chi connectivity index (χ2n) is 7.25. The molecule has 4 aromatic carbocycles. The molecule has 0 aromatic heterocycles. The molecule has 0 bridgehead atoms. The van der Waals surface area contributed by atoms with Crippen molar-refractivity contribution in [2.75, 3.05) is 0 Å². The molecule has 0 amide bonds. The number of benzene rings is 4. The van der Waals surface area contributed by atoms with E-state index in [1.807, 2.05) is 30.3 Å². The molecule has 0 saturated carbocycles. The molecule has 0 spiro atoms. The standard InChI is InChI=1S/C26H15BrO2/c27-20-10-5-11-21(28)25(20)26-24-18-9-4-2-7-16(18)14-19(24)23-17-8-3-1-6-15(17)12-13-22(23)29-26/h1-14,28H. The highest BCUT2D eigenvalue weighted by atomic mass is 79.9. The summed E-state index contributed by atoms with van der Waals surface area (Å²) in [4.78, 5) is 0. The summed E-state index contributed by atoms with van der Waals surface area (Å²) >= 11 is 3.61. The number of hydrogen-bond donors (Lipinski definition) is 1. The molecule has 0 fully saturated rings. The maximum Gasteiger partial charge on any atom is 0.148 e. The first-order chi connectivity index (χ1) is 14.2. The highest BCUT2D eigenvalue weighted by Crippen LogP contribution is 2.50. The van der Waals surface area contributed by atoms with Gasteiger partial charge in [-0.25, -0.2) is 0 Å². The number of halogens is 1. The molecule has 1 heterocycles. The largest absolute Gasteiger partial charge is 0.507 e. The first kappa shape index (κ1) is 16.6. The number of rotatable bonds is 1. The van der Waals surface area contributed by atoms with E-state index in [1.165, 1.54) is 5.39 Å². The minimum atomic E-state index is 0.190. The summed E-state index contributed by atoms with van der Waals surface area (Å²) in [6.07, 6.45) is 0. The Morgan fingerprint density at radius 3 is 2.28 bits per heavy atom. The minimum Gasteiger partial charge on any atom is -0.507 e. The van der Waals surface area contributed by atoms with Gasteiger partial charge in [-0.05, 0) is 67.3 Å². The quantitative estimate of drug-likeness (QED) is 0.264. The lowest BCUT2D eigenvalue weighted by atomic mass is 9.95. The van der Waals surface area contributed by atoms with E-state index in [2.05, 4.69) is 64.5 Å². The number of fused-ring (bicyclic) bond motifs is 7. The molecular weight excluding hydrogens is 424 g/mol. The third kappa shape index (κ3) is 2.34. The number of aromatic hydroxyl groups is 1. The van der Waals surface area contributed by atoms with Gasteiger partial charge in [0.1, 0.15) is 17.1 Å². The fourth-order valence-corrected chi connectivity index (χ4v) is 4.89. The lowest BCUT2D eigenvalue weighted by Gasteiger charge is -2.16. The predicted molar refractivity (Wildman–Crippen MR) is 123 cm³/mol. The van der Waals surface area contributed by atoms with Crippen molar-refractivity contribution >= 4 is 48.4 Å². The molecule has 0 unspecified atom stereocenters. The average molecular weight is 439 g/mol. The zero-order chi connectivity index (χ0) is 19.5. The van der Waals surface area contributed by atoms with Crippen LogP contribution >= 0.6 is 15.9 Å². The molecule has 29 heavy (non-hydrogen) atoms. The van der Waals surface area contributed by atoms with Crippen LogP contribution in [0.5, 0.6) is 5.75 Å². The monoisotopic (exact) mass is 438 g/mol. The van der Waals surface area contributed by atoms with Crippen molar-refractivity contribution in [3.05, 3.63) is 89.4 Å². The van der Waals surface area contributed by atoms with Crippen LogP contribution in [0, 0.1) is 0 Å². The topological polar surface area (TPSA) is 33.4 Å². The van der Waals surface area contributed by atoms with Crippen molar-refractivity contribution in [2.24, 2.45) is 0 Å². The van der Waals surface area contributed by atoms with Gasteiger partial charge in [-0.1, -0.05) is 60.7 Å². The molecule has 2 nitrogen and oxygen atoms in total. The molecule has 2 aliphatic rings. The molecule has 6 rings (SSSR count). The van der Waals surface area contributed by atoms with Crippen molar-refractivity contribution in [3.8, 4) is 28.2 Å². The Morgan fingerprint density at radius 1 is 0.690 bits per heavy atom. The van der Waals surface area contributed by atoms with Crippen LogP contribution in [0.25, 0.3) is 55.0 Å². The number of hydrogen-bond acceptors (Lipinski definition) is 2. The summed E-state index contributed by atoms with van der Waals surface area (Å²) in [6, 6.07) is 28.5. The Morgan fingerprint density at radius 2 is 1.45 bits per heavy atom. The molecule has 0 radical (unpaired) electrons. The molecule has 0 saturated heterocycles. The maximum atomic E-state index is 10.7. The van der Waals surface area contributed by atoms with Gasteiger partial charge in [0.05, 0.1) is 5.56 Å². The Hall–Kier alpha value is -3.30. The van der Waals surface area contributed by atoms with Gasteiger partial charge < -0.3 is 9.52 Å². The summed E-state index contributed by atoms with van der Waals surface area (Å²) in [6.45, 7) is 0. The fraction of sp³-hybridized carbons (Fsp3) is 0. The van der Waals surface area contributed by atoms with Crippen LogP contribution in [0.3, 0.4) is 0 Å². The number of phenolic OH excluding ortho intramolecular Hbond substituents is 1. The van der Waals surface area contributed by atoms with E-state index < -0.39 is 0 Å². The van der Waals surface area contributed by atoms with E-state index >= 15 is 0 Å². The average Bonchev–Trinajstić information content (AvgIpc) is 3.13. The van der Waals surface area contributed by atoms with Gasteiger partial charge in [-0.15, -0.1) is 0 Å². The Labute approximate surface area is 175 Å². The Bertz CT molecular complexity index is 1510.